The van der Waals surface area contributed by atoms with Crippen molar-refractivity contribution in [3.8, 4) is 0 Å². The third kappa shape index (κ3) is 5.25. The molecule has 0 rings (SSSR count). The molecule has 0 aromatic rings. The van der Waals surface area contributed by atoms with Crippen molar-refractivity contribution in [3.63, 3.8) is 0 Å². The third-order valence-corrected chi connectivity index (χ3v) is 2.70. The number of nitrogens with zero attached hydrogens (tertiary/aromatic N) is 1. The Morgan fingerprint density at radius 2 is 2.29 bits per heavy atom. The van der Waals surface area contributed by atoms with Gasteiger partial charge in [-0.1, -0.05) is 6.08 Å². The van der Waals surface area contributed by atoms with Crippen LogP contribution in [0.15, 0.2) is 16.4 Å². The van der Waals surface area contributed by atoms with Crippen molar-refractivity contribution in [2.24, 2.45) is 10.7 Å². The van der Waals surface area contributed by atoms with Gasteiger partial charge in [0.25, 0.3) is 0 Å². The van der Waals surface area contributed by atoms with E-state index in [0.717, 1.165) is 30.2 Å². The fourth-order valence-corrected chi connectivity index (χ4v) is 1.10. The number of hydrogen-bond donors (Lipinski definition) is 1. The number of aldehydes is 1. The molecular formula is C10H19N2OP. The zero-order valence-corrected chi connectivity index (χ0v) is 10.0. The van der Waals surface area contributed by atoms with E-state index in [4.69, 9.17) is 5.73 Å². The highest BCUT2D eigenvalue weighted by atomic mass is 31.0. The molecule has 0 aromatic heterocycles. The molecule has 80 valence electrons. The van der Waals surface area contributed by atoms with Crippen molar-refractivity contribution in [1.82, 2.24) is 0 Å². The topological polar surface area (TPSA) is 55.5 Å². The molecule has 14 heavy (non-hydrogen) atoms. The number of carbonyl (C=O) groups is 1. The second-order valence-electron chi connectivity index (χ2n) is 3.09. The minimum Gasteiger partial charge on any atom is -0.330 e. The Morgan fingerprint density at radius 3 is 2.71 bits per heavy atom. The van der Waals surface area contributed by atoms with E-state index in [1.165, 1.54) is 0 Å². The molecular weight excluding hydrogens is 195 g/mol. The van der Waals surface area contributed by atoms with Crippen LogP contribution < -0.4 is 5.73 Å². The summed E-state index contributed by atoms with van der Waals surface area (Å²) >= 11 is 0. The predicted molar refractivity (Wildman–Crippen MR) is 64.7 cm³/mol. The fourth-order valence-electron chi connectivity index (χ4n) is 1.02. The van der Waals surface area contributed by atoms with Gasteiger partial charge in [-0.3, -0.25) is 4.99 Å². The summed E-state index contributed by atoms with van der Waals surface area (Å²) in [4.78, 5) is 15.0. The Morgan fingerprint density at radius 1 is 1.64 bits per heavy atom. The largest absolute Gasteiger partial charge is 0.330 e. The predicted octanol–water partition coefficient (Wildman–Crippen LogP) is 1.53. The highest BCUT2D eigenvalue weighted by Gasteiger charge is 2.05. The van der Waals surface area contributed by atoms with Crippen molar-refractivity contribution < 1.29 is 4.79 Å². The van der Waals surface area contributed by atoms with E-state index < -0.39 is 0 Å². The summed E-state index contributed by atoms with van der Waals surface area (Å²) in [6.07, 6.45) is 4.41. The Labute approximate surface area is 88.1 Å². The van der Waals surface area contributed by atoms with Gasteiger partial charge in [0.15, 0.2) is 0 Å². The molecule has 3 nitrogen and oxygen atoms in total. The molecule has 0 radical (unpaired) electrons. The SMILES string of the molecule is C/C=C(/P)C(C)=NC(C=O)CCCN. The van der Waals surface area contributed by atoms with Gasteiger partial charge in [0.2, 0.25) is 0 Å². The maximum atomic E-state index is 10.7. The number of nitrogens with two attached hydrogens (primary N) is 1. The average molecular weight is 214 g/mol. The Kier molecular flexibility index (Phi) is 7.54. The summed E-state index contributed by atoms with van der Waals surface area (Å²) in [7, 11) is 2.60. The van der Waals surface area contributed by atoms with E-state index in [1.54, 1.807) is 0 Å². The molecule has 2 unspecified atom stereocenters. The van der Waals surface area contributed by atoms with Crippen LogP contribution >= 0.6 is 9.24 Å². The highest BCUT2D eigenvalue weighted by molar-refractivity contribution is 7.25. The van der Waals surface area contributed by atoms with Gasteiger partial charge in [0.05, 0.1) is 0 Å². The first-order valence-corrected chi connectivity index (χ1v) is 5.35. The highest BCUT2D eigenvalue weighted by Crippen LogP contribution is 2.09. The van der Waals surface area contributed by atoms with Gasteiger partial charge in [-0.05, 0) is 38.5 Å². The fraction of sp³-hybridized carbons (Fsp3) is 0.600. The quantitative estimate of drug-likeness (QED) is 0.414. The van der Waals surface area contributed by atoms with Crippen LogP contribution in [-0.4, -0.2) is 24.6 Å². The van der Waals surface area contributed by atoms with Gasteiger partial charge < -0.3 is 10.5 Å². The van der Waals surface area contributed by atoms with Gasteiger partial charge in [-0.15, -0.1) is 9.24 Å². The average Bonchev–Trinajstić information content (AvgIpc) is 2.22. The molecule has 4 heteroatoms. The number of rotatable bonds is 6. The zero-order valence-electron chi connectivity index (χ0n) is 8.86. The second-order valence-corrected chi connectivity index (χ2v) is 3.71. The molecule has 0 aliphatic rings. The summed E-state index contributed by atoms with van der Waals surface area (Å²) in [5.41, 5.74) is 6.26. The smallest absolute Gasteiger partial charge is 0.144 e. The van der Waals surface area contributed by atoms with Crippen LogP contribution in [0.2, 0.25) is 0 Å². The molecule has 2 atom stereocenters. The number of carbonyl (C=O) groups excluding carboxylic acids is 1. The van der Waals surface area contributed by atoms with Gasteiger partial charge >= 0.3 is 0 Å². The molecule has 0 heterocycles. The van der Waals surface area contributed by atoms with Crippen LogP contribution in [0.25, 0.3) is 0 Å². The van der Waals surface area contributed by atoms with E-state index >= 15 is 0 Å². The normalized spacial score (nSPS) is 15.4. The molecule has 2 N–H and O–H groups in total. The standard InChI is InChI=1S/C10H19N2OP/c1-3-10(14)8(2)12-9(7-13)5-4-6-11/h3,7,9H,4-6,11,14H2,1-2H3/b10-3+,12-8?. The molecule has 0 spiro atoms. The second kappa shape index (κ2) is 7.84. The lowest BCUT2D eigenvalue weighted by Crippen LogP contribution is -2.12. The summed E-state index contributed by atoms with van der Waals surface area (Å²) in [5.74, 6) is 0. The summed E-state index contributed by atoms with van der Waals surface area (Å²) in [6.45, 7) is 4.45. The maximum absolute atomic E-state index is 10.7. The Balaban J connectivity index is 4.33. The van der Waals surface area contributed by atoms with Crippen molar-refractivity contribution in [2.45, 2.75) is 32.7 Å². The lowest BCUT2D eigenvalue weighted by Gasteiger charge is -2.06. The molecule has 0 saturated carbocycles. The lowest BCUT2D eigenvalue weighted by atomic mass is 10.2. The monoisotopic (exact) mass is 214 g/mol. The lowest BCUT2D eigenvalue weighted by molar-refractivity contribution is -0.108. The van der Waals surface area contributed by atoms with E-state index in [2.05, 4.69) is 14.2 Å². The van der Waals surface area contributed by atoms with Crippen molar-refractivity contribution in [2.75, 3.05) is 6.54 Å². The van der Waals surface area contributed by atoms with E-state index in [0.29, 0.717) is 6.54 Å². The number of allylic oxidation sites excluding steroid dienone is 2. The van der Waals surface area contributed by atoms with Crippen molar-refractivity contribution in [1.29, 1.82) is 0 Å². The minimum absolute atomic E-state index is 0.242. The third-order valence-electron chi connectivity index (χ3n) is 1.95. The summed E-state index contributed by atoms with van der Waals surface area (Å²) < 4.78 is 0. The Bertz CT molecular complexity index is 236. The molecule has 0 amide bonds. The van der Waals surface area contributed by atoms with E-state index in [1.807, 2.05) is 19.9 Å². The van der Waals surface area contributed by atoms with Crippen LogP contribution in [0.4, 0.5) is 0 Å². The van der Waals surface area contributed by atoms with Crippen LogP contribution in [0.1, 0.15) is 26.7 Å². The maximum Gasteiger partial charge on any atom is 0.144 e. The van der Waals surface area contributed by atoms with Crippen LogP contribution in [0.3, 0.4) is 0 Å². The van der Waals surface area contributed by atoms with Crippen molar-refractivity contribution in [3.05, 3.63) is 11.4 Å². The van der Waals surface area contributed by atoms with E-state index in [-0.39, 0.29) is 6.04 Å². The van der Waals surface area contributed by atoms with Gasteiger partial charge in [0, 0.05) is 5.71 Å². The van der Waals surface area contributed by atoms with Crippen LogP contribution in [0, 0.1) is 0 Å². The first-order valence-electron chi connectivity index (χ1n) is 4.77. The number of hydrogen-bond acceptors (Lipinski definition) is 3. The molecule has 0 aliphatic carbocycles. The Hall–Kier alpha value is -0.530. The number of aliphatic imine (C=N–C) groups is 1. The molecule has 0 aliphatic heterocycles. The molecule has 0 aromatic carbocycles. The first kappa shape index (κ1) is 13.5. The van der Waals surface area contributed by atoms with Crippen LogP contribution in [0.5, 0.6) is 0 Å². The van der Waals surface area contributed by atoms with Gasteiger partial charge in [-0.2, -0.15) is 0 Å². The van der Waals surface area contributed by atoms with E-state index in [9.17, 15) is 4.79 Å². The molecule has 0 fully saturated rings. The first-order chi connectivity index (χ1) is 6.65. The molecule has 0 bridgehead atoms. The van der Waals surface area contributed by atoms with Gasteiger partial charge in [-0.25, -0.2) is 0 Å². The minimum atomic E-state index is -0.242. The molecule has 0 saturated heterocycles. The van der Waals surface area contributed by atoms with Crippen molar-refractivity contribution >= 4 is 21.2 Å². The summed E-state index contributed by atoms with van der Waals surface area (Å²) in [6, 6.07) is -0.242. The zero-order chi connectivity index (χ0) is 11.0. The summed E-state index contributed by atoms with van der Waals surface area (Å²) in [5, 5.41) is 1.03. The van der Waals surface area contributed by atoms with Crippen LogP contribution in [-0.2, 0) is 4.79 Å². The van der Waals surface area contributed by atoms with Gasteiger partial charge in [0.1, 0.15) is 12.3 Å².